The van der Waals surface area contributed by atoms with Gasteiger partial charge in [0, 0.05) is 29.9 Å². The van der Waals surface area contributed by atoms with Gasteiger partial charge in [0.25, 0.3) is 0 Å². The van der Waals surface area contributed by atoms with Crippen LogP contribution in [-0.2, 0) is 0 Å². The van der Waals surface area contributed by atoms with Crippen LogP contribution in [0, 0.1) is 0 Å². The van der Waals surface area contributed by atoms with Gasteiger partial charge >= 0.3 is 0 Å². The number of likely N-dealkylation sites (tertiary alicyclic amines) is 1. The van der Waals surface area contributed by atoms with Gasteiger partial charge in [0.05, 0.1) is 17.8 Å². The Kier molecular flexibility index (Phi) is 5.03. The van der Waals surface area contributed by atoms with Gasteiger partial charge in [-0.3, -0.25) is 9.58 Å². The fraction of sp³-hybridized carbons (Fsp3) is 0.160. The van der Waals surface area contributed by atoms with E-state index in [4.69, 9.17) is 11.6 Å². The molecule has 1 fully saturated rings. The Bertz CT molecular complexity index is 1100. The van der Waals surface area contributed by atoms with Crippen LogP contribution < -0.4 is 0 Å². The lowest BCUT2D eigenvalue weighted by Crippen LogP contribution is -2.50. The zero-order valence-corrected chi connectivity index (χ0v) is 17.2. The van der Waals surface area contributed by atoms with Gasteiger partial charge in [-0.1, -0.05) is 72.3 Å². The molecule has 1 aromatic heterocycles. The molecule has 1 aliphatic heterocycles. The molecule has 0 spiro atoms. The minimum atomic E-state index is 0.210. The minimum Gasteiger partial charge on any atom is -0.507 e. The lowest BCUT2D eigenvalue weighted by Gasteiger charge is -2.45. The lowest BCUT2D eigenvalue weighted by atomic mass is 9.93. The highest BCUT2D eigenvalue weighted by molar-refractivity contribution is 6.30. The standard InChI is InChI=1S/C25H22ClN3O/c26-20-11-12-24(30)22(15-20)23-13-14-27-29(23)21-16-28(17-21)25(18-7-3-1-4-8-18)19-9-5-2-6-10-19/h1-15,21,25,30H,16-17H2. The van der Waals surface area contributed by atoms with Crippen molar-refractivity contribution in [3.8, 4) is 17.0 Å². The van der Waals surface area contributed by atoms with Crippen molar-refractivity contribution >= 4 is 11.6 Å². The molecular weight excluding hydrogens is 394 g/mol. The van der Waals surface area contributed by atoms with Gasteiger partial charge in [0.1, 0.15) is 5.75 Å². The first-order valence-electron chi connectivity index (χ1n) is 10.1. The van der Waals surface area contributed by atoms with Crippen LogP contribution in [0.1, 0.15) is 23.2 Å². The van der Waals surface area contributed by atoms with Crippen LogP contribution in [0.4, 0.5) is 0 Å². The van der Waals surface area contributed by atoms with E-state index >= 15 is 0 Å². The first-order chi connectivity index (χ1) is 14.7. The Morgan fingerprint density at radius 1 is 0.867 bits per heavy atom. The van der Waals surface area contributed by atoms with Crippen LogP contribution in [0.25, 0.3) is 11.3 Å². The third-order valence-corrected chi connectivity index (χ3v) is 5.97. The summed E-state index contributed by atoms with van der Waals surface area (Å²) < 4.78 is 2.01. The average Bonchev–Trinajstić information content (AvgIpc) is 3.22. The van der Waals surface area contributed by atoms with E-state index in [-0.39, 0.29) is 17.8 Å². The Balaban J connectivity index is 1.42. The third-order valence-electron chi connectivity index (χ3n) is 5.74. The number of phenols is 1. The van der Waals surface area contributed by atoms with Gasteiger partial charge in [-0.15, -0.1) is 0 Å². The summed E-state index contributed by atoms with van der Waals surface area (Å²) in [6.07, 6.45) is 1.78. The van der Waals surface area contributed by atoms with Gasteiger partial charge in [-0.2, -0.15) is 5.10 Å². The second kappa shape index (κ2) is 7.98. The van der Waals surface area contributed by atoms with Crippen LogP contribution in [0.5, 0.6) is 5.75 Å². The number of aromatic hydroxyl groups is 1. The van der Waals surface area contributed by atoms with Crippen molar-refractivity contribution in [2.75, 3.05) is 13.1 Å². The molecule has 4 nitrogen and oxygen atoms in total. The van der Waals surface area contributed by atoms with Gasteiger partial charge < -0.3 is 5.11 Å². The van der Waals surface area contributed by atoms with Crippen molar-refractivity contribution in [3.63, 3.8) is 0 Å². The van der Waals surface area contributed by atoms with E-state index in [9.17, 15) is 5.11 Å². The van der Waals surface area contributed by atoms with Crippen LogP contribution in [0.15, 0.2) is 91.1 Å². The van der Waals surface area contributed by atoms with E-state index in [1.165, 1.54) is 11.1 Å². The zero-order valence-electron chi connectivity index (χ0n) is 16.4. The Morgan fingerprint density at radius 3 is 2.13 bits per heavy atom. The van der Waals surface area contributed by atoms with Crippen LogP contribution in [-0.4, -0.2) is 32.9 Å². The van der Waals surface area contributed by atoms with Gasteiger partial charge in [-0.25, -0.2) is 0 Å². The Labute approximate surface area is 181 Å². The molecule has 0 unspecified atom stereocenters. The number of phenolic OH excluding ortho intramolecular Hbond substituents is 1. The molecule has 0 amide bonds. The second-order valence-corrected chi connectivity index (χ2v) is 8.09. The quantitative estimate of drug-likeness (QED) is 0.464. The normalized spacial score (nSPS) is 14.7. The number of rotatable bonds is 5. The zero-order chi connectivity index (χ0) is 20.5. The summed E-state index contributed by atoms with van der Waals surface area (Å²) in [5.74, 6) is 0.212. The maximum absolute atomic E-state index is 10.3. The van der Waals surface area contributed by atoms with Gasteiger partial charge in [0.2, 0.25) is 0 Å². The highest BCUT2D eigenvalue weighted by atomic mass is 35.5. The first-order valence-corrected chi connectivity index (χ1v) is 10.4. The number of hydrogen-bond donors (Lipinski definition) is 1. The lowest BCUT2D eigenvalue weighted by molar-refractivity contribution is 0.0691. The van der Waals surface area contributed by atoms with E-state index in [0.717, 1.165) is 18.8 Å². The highest BCUT2D eigenvalue weighted by Crippen LogP contribution is 2.39. The molecule has 0 radical (unpaired) electrons. The molecule has 1 saturated heterocycles. The van der Waals surface area contributed by atoms with Crippen molar-refractivity contribution in [1.82, 2.24) is 14.7 Å². The average molecular weight is 416 g/mol. The summed E-state index contributed by atoms with van der Waals surface area (Å²) in [4.78, 5) is 2.47. The van der Waals surface area contributed by atoms with E-state index < -0.39 is 0 Å². The molecule has 5 heteroatoms. The number of benzene rings is 3. The predicted molar refractivity (Wildman–Crippen MR) is 120 cm³/mol. The van der Waals surface area contributed by atoms with Gasteiger partial charge in [-0.05, 0) is 35.4 Å². The SMILES string of the molecule is Oc1ccc(Cl)cc1-c1ccnn1C1CN(C(c2ccccc2)c2ccccc2)C1. The maximum Gasteiger partial charge on any atom is 0.125 e. The summed E-state index contributed by atoms with van der Waals surface area (Å²) in [5.41, 5.74) is 4.17. The maximum atomic E-state index is 10.3. The topological polar surface area (TPSA) is 41.3 Å². The largest absolute Gasteiger partial charge is 0.507 e. The van der Waals surface area contributed by atoms with E-state index in [2.05, 4.69) is 70.7 Å². The van der Waals surface area contributed by atoms with Crippen LogP contribution >= 0.6 is 11.6 Å². The molecular formula is C25H22ClN3O. The summed E-state index contributed by atoms with van der Waals surface area (Å²) in [6.45, 7) is 1.76. The molecule has 0 aliphatic carbocycles. The van der Waals surface area contributed by atoms with Crippen molar-refractivity contribution in [3.05, 3.63) is 107 Å². The van der Waals surface area contributed by atoms with Gasteiger partial charge in [0.15, 0.2) is 0 Å². The van der Waals surface area contributed by atoms with Crippen molar-refractivity contribution in [1.29, 1.82) is 0 Å². The van der Waals surface area contributed by atoms with Crippen LogP contribution in [0.3, 0.4) is 0 Å². The van der Waals surface area contributed by atoms with E-state index in [0.29, 0.717) is 10.6 Å². The predicted octanol–water partition coefficient (Wildman–Crippen LogP) is 5.56. The molecule has 30 heavy (non-hydrogen) atoms. The summed E-state index contributed by atoms with van der Waals surface area (Å²) in [6, 6.07) is 28.7. The van der Waals surface area contributed by atoms with Crippen LogP contribution in [0.2, 0.25) is 5.02 Å². The molecule has 150 valence electrons. The molecule has 1 aliphatic rings. The van der Waals surface area contributed by atoms with E-state index in [1.807, 2.05) is 10.7 Å². The number of halogens is 1. The molecule has 0 bridgehead atoms. The molecule has 1 N–H and O–H groups in total. The third kappa shape index (κ3) is 3.49. The minimum absolute atomic E-state index is 0.210. The summed E-state index contributed by atoms with van der Waals surface area (Å²) in [7, 11) is 0. The monoisotopic (exact) mass is 415 g/mol. The first kappa shape index (κ1) is 18.9. The number of nitrogens with zero attached hydrogens (tertiary/aromatic N) is 3. The van der Waals surface area contributed by atoms with E-state index in [1.54, 1.807) is 24.4 Å². The molecule has 2 heterocycles. The molecule has 4 aromatic rings. The fourth-order valence-electron chi connectivity index (χ4n) is 4.27. The smallest absolute Gasteiger partial charge is 0.125 e. The molecule has 0 saturated carbocycles. The molecule has 0 atom stereocenters. The fourth-order valence-corrected chi connectivity index (χ4v) is 4.44. The highest BCUT2D eigenvalue weighted by Gasteiger charge is 2.36. The second-order valence-electron chi connectivity index (χ2n) is 7.65. The number of hydrogen-bond acceptors (Lipinski definition) is 3. The van der Waals surface area contributed by atoms with Crippen molar-refractivity contribution < 1.29 is 5.11 Å². The Hall–Kier alpha value is -3.08. The van der Waals surface area contributed by atoms with Crippen molar-refractivity contribution in [2.45, 2.75) is 12.1 Å². The number of aromatic nitrogens is 2. The van der Waals surface area contributed by atoms with Crippen molar-refractivity contribution in [2.24, 2.45) is 0 Å². The molecule has 5 rings (SSSR count). The molecule has 3 aromatic carbocycles. The summed E-state index contributed by atoms with van der Waals surface area (Å²) in [5, 5.41) is 15.5. The summed E-state index contributed by atoms with van der Waals surface area (Å²) >= 11 is 6.16. The Morgan fingerprint density at radius 2 is 1.50 bits per heavy atom.